The van der Waals surface area contributed by atoms with E-state index in [1.54, 1.807) is 0 Å². The first-order valence-corrected chi connectivity index (χ1v) is 38.4. The molecule has 4 heterocycles. The van der Waals surface area contributed by atoms with E-state index in [9.17, 15) is 0 Å². The molecule has 2 aliphatic heterocycles. The molecule has 2 aliphatic rings. The minimum Gasteiger partial charge on any atom is -0.456 e. The number of rotatable bonds is 12. The van der Waals surface area contributed by atoms with Gasteiger partial charge < -0.3 is 23.7 Å². The molecule has 0 atom stereocenters. The van der Waals surface area contributed by atoms with E-state index in [1.165, 1.54) is 38.3 Å². The molecule has 18 aromatic rings. The second-order valence-electron chi connectivity index (χ2n) is 31.6. The van der Waals surface area contributed by atoms with Crippen LogP contribution in [-0.2, 0) is 10.8 Å². The molecule has 6 heteroatoms. The van der Waals surface area contributed by atoms with Crippen LogP contribution in [0.4, 0.5) is 51.2 Å². The zero-order valence-electron chi connectivity index (χ0n) is 62.5. The van der Waals surface area contributed by atoms with Crippen molar-refractivity contribution in [1.29, 1.82) is 0 Å². The molecule has 0 N–H and O–H groups in total. The smallest absolute Gasteiger partial charge is 0.252 e. The number of aromatic nitrogens is 1. The molecule has 0 saturated carbocycles. The third-order valence-corrected chi connectivity index (χ3v) is 22.9. The van der Waals surface area contributed by atoms with E-state index in [0.717, 1.165) is 157 Å². The van der Waals surface area contributed by atoms with E-state index in [1.807, 2.05) is 0 Å². The molecule has 5 nitrogen and oxygen atoms in total. The van der Waals surface area contributed by atoms with Crippen molar-refractivity contribution in [3.05, 3.63) is 381 Å². The van der Waals surface area contributed by atoms with Gasteiger partial charge in [-0.1, -0.05) is 308 Å². The van der Waals surface area contributed by atoms with Crippen molar-refractivity contribution >= 4 is 118 Å². The van der Waals surface area contributed by atoms with Crippen molar-refractivity contribution in [2.75, 3.05) is 14.7 Å². The molecule has 524 valence electrons. The van der Waals surface area contributed by atoms with Crippen LogP contribution in [0.1, 0.15) is 52.7 Å². The molecule has 2 aromatic heterocycles. The maximum atomic E-state index is 6.55. The van der Waals surface area contributed by atoms with Gasteiger partial charge in [0, 0.05) is 89.3 Å². The summed E-state index contributed by atoms with van der Waals surface area (Å²) in [5.41, 5.74) is 34.3. The molecule has 0 saturated heterocycles. The fraction of sp³-hybridized carbons (Fsp3) is 0.0769. The lowest BCUT2D eigenvalue weighted by molar-refractivity contribution is 0.590. The highest BCUT2D eigenvalue weighted by Crippen LogP contribution is 2.55. The lowest BCUT2D eigenvalue weighted by Crippen LogP contribution is -2.61. The summed E-state index contributed by atoms with van der Waals surface area (Å²) in [6, 6.07) is 138. The Bertz CT molecular complexity index is 6420. The molecule has 0 bridgehead atoms. The third-order valence-electron chi connectivity index (χ3n) is 22.9. The van der Waals surface area contributed by atoms with Crippen molar-refractivity contribution in [2.24, 2.45) is 0 Å². The van der Waals surface area contributed by atoms with Crippen LogP contribution in [0.5, 0.6) is 0 Å². The number of benzene rings is 16. The molecule has 0 fully saturated rings. The van der Waals surface area contributed by atoms with Crippen LogP contribution in [0.3, 0.4) is 0 Å². The van der Waals surface area contributed by atoms with E-state index >= 15 is 0 Å². The Morgan fingerprint density at radius 1 is 0.273 bits per heavy atom. The van der Waals surface area contributed by atoms with Gasteiger partial charge in [0.05, 0.1) is 22.4 Å². The highest BCUT2D eigenvalue weighted by atomic mass is 16.3. The molecular formula is C104H79BN4O. The fourth-order valence-electron chi connectivity index (χ4n) is 17.5. The quantitative estimate of drug-likeness (QED) is 0.114. The highest BCUT2D eigenvalue weighted by Gasteiger charge is 2.46. The van der Waals surface area contributed by atoms with Crippen molar-refractivity contribution in [2.45, 2.75) is 52.4 Å². The first-order valence-electron chi connectivity index (χ1n) is 38.4. The number of hydrogen-bond acceptors (Lipinski definition) is 4. The first kappa shape index (κ1) is 66.1. The van der Waals surface area contributed by atoms with Crippen molar-refractivity contribution in [1.82, 2.24) is 4.57 Å². The molecule has 0 unspecified atom stereocenters. The van der Waals surface area contributed by atoms with Crippen LogP contribution in [0.2, 0.25) is 0 Å². The molecule has 0 spiro atoms. The molecule has 16 aromatic carbocycles. The van der Waals surface area contributed by atoms with Crippen LogP contribution in [-0.4, -0.2) is 11.3 Å². The monoisotopic (exact) mass is 1410 g/mol. The van der Waals surface area contributed by atoms with E-state index < -0.39 is 0 Å². The summed E-state index contributed by atoms with van der Waals surface area (Å²) in [5, 5.41) is 4.56. The second kappa shape index (κ2) is 26.2. The molecule has 20 rings (SSSR count). The van der Waals surface area contributed by atoms with E-state index in [2.05, 4.69) is 431 Å². The molecule has 110 heavy (non-hydrogen) atoms. The first-order chi connectivity index (χ1) is 53.8. The Morgan fingerprint density at radius 2 is 0.664 bits per heavy atom. The van der Waals surface area contributed by atoms with Gasteiger partial charge in [-0.2, -0.15) is 0 Å². The Labute approximate surface area is 643 Å². The summed E-state index contributed by atoms with van der Waals surface area (Å²) in [7, 11) is 0. The van der Waals surface area contributed by atoms with Crippen molar-refractivity contribution < 1.29 is 4.42 Å². The van der Waals surface area contributed by atoms with Crippen LogP contribution >= 0.6 is 0 Å². The Morgan fingerprint density at radius 3 is 1.19 bits per heavy atom. The van der Waals surface area contributed by atoms with Crippen LogP contribution in [0.15, 0.2) is 374 Å². The minimum absolute atomic E-state index is 0.0494. The van der Waals surface area contributed by atoms with E-state index in [-0.39, 0.29) is 17.5 Å². The van der Waals surface area contributed by atoms with Crippen LogP contribution in [0.25, 0.3) is 116 Å². The fourth-order valence-corrected chi connectivity index (χ4v) is 17.5. The predicted octanol–water partition coefficient (Wildman–Crippen LogP) is 26.8. The second-order valence-corrected chi connectivity index (χ2v) is 31.6. The Balaban J connectivity index is 0.945. The lowest BCUT2D eigenvalue weighted by Gasteiger charge is -2.46. The van der Waals surface area contributed by atoms with Gasteiger partial charge in [-0.15, -0.1) is 0 Å². The van der Waals surface area contributed by atoms with Gasteiger partial charge in [0.2, 0.25) is 0 Å². The summed E-state index contributed by atoms with van der Waals surface area (Å²) in [6.45, 7) is 13.5. The van der Waals surface area contributed by atoms with Crippen LogP contribution < -0.4 is 31.1 Å². The van der Waals surface area contributed by atoms with Crippen molar-refractivity contribution in [3.8, 4) is 72.4 Å². The largest absolute Gasteiger partial charge is 0.456 e. The number of anilines is 9. The maximum Gasteiger partial charge on any atom is 0.252 e. The van der Waals surface area contributed by atoms with Gasteiger partial charge in [0.15, 0.2) is 0 Å². The van der Waals surface area contributed by atoms with Crippen molar-refractivity contribution in [3.63, 3.8) is 0 Å². The summed E-state index contributed by atoms with van der Waals surface area (Å²) in [6.07, 6.45) is 0. The number of fused-ring (bicyclic) bond motifs is 10. The van der Waals surface area contributed by atoms with E-state index in [4.69, 9.17) is 4.42 Å². The third kappa shape index (κ3) is 11.1. The Kier molecular flexibility index (Phi) is 15.7. The van der Waals surface area contributed by atoms with E-state index in [0.29, 0.717) is 0 Å². The normalized spacial score (nSPS) is 12.6. The van der Waals surface area contributed by atoms with Crippen LogP contribution in [0, 0.1) is 0 Å². The van der Waals surface area contributed by atoms with Gasteiger partial charge in [0.1, 0.15) is 11.2 Å². The zero-order valence-corrected chi connectivity index (χ0v) is 62.5. The summed E-state index contributed by atoms with van der Waals surface area (Å²) >= 11 is 0. The Hall–Kier alpha value is -13.4. The highest BCUT2D eigenvalue weighted by molar-refractivity contribution is 7.00. The van der Waals surface area contributed by atoms with Gasteiger partial charge >= 0.3 is 0 Å². The predicted molar refractivity (Wildman–Crippen MR) is 467 cm³/mol. The number of nitrogens with zero attached hydrogens (tertiary/aromatic N) is 4. The zero-order chi connectivity index (χ0) is 73.9. The summed E-state index contributed by atoms with van der Waals surface area (Å²) in [5.74, 6) is 0. The maximum absolute atomic E-state index is 6.55. The molecule has 0 radical (unpaired) electrons. The number of hydrogen-bond donors (Lipinski definition) is 0. The van der Waals surface area contributed by atoms with Gasteiger partial charge in [0.25, 0.3) is 6.71 Å². The molecule has 0 aliphatic carbocycles. The SMILES string of the molecule is CC(C)(C)c1ccc(N(c2ccc(C(C)(C)C)cc2)c2ccc3c(c2)N(c2c(-c4ccccc4)cccc2-c2ccccc2)c2cc(-c4ccc5c(c4)c4ccccc4n5-c4ccccc4)cc4c2B3c2ccc(-c3ccc5oc6ccccc6c5c3)cc2N4c2c(-c3ccccc3)cccc2-c2ccccc2)cc1. The van der Waals surface area contributed by atoms with Gasteiger partial charge in [-0.05, 0) is 186 Å². The number of para-hydroxylation sites is 5. The standard InChI is InChI=1S/C104H79BN4O/c1-103(2,3)76-49-53-79(54-50-76)106(80-55-51-77(52-56-80)104(4,5)6)81-57-59-91-95(67-81)109(102-84(70-32-16-9-17-33-70)42-27-43-85(102)71-34-18-10-19-35-71)97-66-75(73-47-60-93-88(62-73)86-38-22-24-44-92(86)107(93)78-36-20-11-21-37-78)65-96-100(97)105(91)90-58-46-74(72-48-61-99-89(63-72)87-39-23-25-45-98(87)110-99)64-94(90)108(96)101-82(68-28-12-7-13-29-68)40-26-41-83(101)69-30-14-8-15-31-69/h7-67H,1-6H3. The summed E-state index contributed by atoms with van der Waals surface area (Å²) < 4.78 is 8.97. The lowest BCUT2D eigenvalue weighted by atomic mass is 9.33. The summed E-state index contributed by atoms with van der Waals surface area (Å²) in [4.78, 5) is 7.84. The number of furan rings is 1. The van der Waals surface area contributed by atoms with Gasteiger partial charge in [-0.25, -0.2) is 0 Å². The van der Waals surface area contributed by atoms with Gasteiger partial charge in [-0.3, -0.25) is 0 Å². The average molecular weight is 1410 g/mol. The topological polar surface area (TPSA) is 27.8 Å². The minimum atomic E-state index is -0.292. The molecular weight excluding hydrogens is 1330 g/mol. The molecule has 0 amide bonds. The average Bonchev–Trinajstić information content (AvgIpc) is 0.837.